The average molecular weight is 281 g/mol. The fraction of sp³-hybridized carbons (Fsp3) is 0.0667. The zero-order chi connectivity index (χ0) is 14.7. The molecule has 0 fully saturated rings. The summed E-state index contributed by atoms with van der Waals surface area (Å²) in [6, 6.07) is 13.4. The highest BCUT2D eigenvalue weighted by atomic mass is 16.2. The molecule has 1 heterocycles. The van der Waals surface area contributed by atoms with Crippen molar-refractivity contribution in [3.63, 3.8) is 0 Å². The molecule has 6 nitrogen and oxygen atoms in total. The van der Waals surface area contributed by atoms with Gasteiger partial charge in [-0.15, -0.1) is 0 Å². The first-order valence-electron chi connectivity index (χ1n) is 6.54. The Morgan fingerprint density at radius 3 is 2.81 bits per heavy atom. The predicted octanol–water partition coefficient (Wildman–Crippen LogP) is 2.47. The SMILES string of the molecule is Nc1[nH]ncc1CNC(=O)Nc1cccc2ccccc12. The molecule has 3 aromatic rings. The standard InChI is InChI=1S/C15H15N5O/c16-14-11(9-18-20-14)8-17-15(21)19-13-7-3-5-10-4-1-2-6-12(10)13/h1-7,9H,8H2,(H3,16,18,20)(H2,17,19,21). The Morgan fingerprint density at radius 1 is 1.19 bits per heavy atom. The van der Waals surface area contributed by atoms with Gasteiger partial charge in [-0.05, 0) is 11.5 Å². The van der Waals surface area contributed by atoms with Crippen molar-refractivity contribution < 1.29 is 4.79 Å². The minimum atomic E-state index is -0.285. The van der Waals surface area contributed by atoms with Gasteiger partial charge in [-0.25, -0.2) is 4.79 Å². The van der Waals surface area contributed by atoms with E-state index in [1.165, 1.54) is 0 Å². The summed E-state index contributed by atoms with van der Waals surface area (Å²) in [7, 11) is 0. The maximum atomic E-state index is 12.0. The number of hydrogen-bond acceptors (Lipinski definition) is 3. The van der Waals surface area contributed by atoms with Crippen LogP contribution in [0.15, 0.2) is 48.7 Å². The maximum Gasteiger partial charge on any atom is 0.319 e. The van der Waals surface area contributed by atoms with Crippen LogP contribution in [0, 0.1) is 0 Å². The maximum absolute atomic E-state index is 12.0. The number of amides is 2. The van der Waals surface area contributed by atoms with E-state index in [2.05, 4.69) is 20.8 Å². The lowest BCUT2D eigenvalue weighted by molar-refractivity contribution is 0.252. The number of nitrogen functional groups attached to an aromatic ring is 1. The quantitative estimate of drug-likeness (QED) is 0.594. The monoisotopic (exact) mass is 281 g/mol. The third-order valence-electron chi connectivity index (χ3n) is 3.23. The molecule has 0 atom stereocenters. The molecule has 106 valence electrons. The van der Waals surface area contributed by atoms with Crippen molar-refractivity contribution in [2.45, 2.75) is 6.54 Å². The fourth-order valence-electron chi connectivity index (χ4n) is 2.14. The zero-order valence-corrected chi connectivity index (χ0v) is 11.3. The Morgan fingerprint density at radius 2 is 2.00 bits per heavy atom. The topological polar surface area (TPSA) is 95.8 Å². The number of hydrogen-bond donors (Lipinski definition) is 4. The van der Waals surface area contributed by atoms with Gasteiger partial charge in [0.2, 0.25) is 0 Å². The van der Waals surface area contributed by atoms with Crippen LogP contribution in [0.5, 0.6) is 0 Å². The van der Waals surface area contributed by atoms with Gasteiger partial charge >= 0.3 is 6.03 Å². The van der Waals surface area contributed by atoms with Crippen LogP contribution in [0.1, 0.15) is 5.56 Å². The number of nitrogens with zero attached hydrogens (tertiary/aromatic N) is 1. The highest BCUT2D eigenvalue weighted by Gasteiger charge is 2.07. The van der Waals surface area contributed by atoms with Gasteiger partial charge in [-0.3, -0.25) is 5.10 Å². The van der Waals surface area contributed by atoms with Gasteiger partial charge < -0.3 is 16.4 Å². The molecular formula is C15H15N5O. The summed E-state index contributed by atoms with van der Waals surface area (Å²) >= 11 is 0. The Balaban J connectivity index is 1.70. The second-order valence-electron chi connectivity index (χ2n) is 4.64. The van der Waals surface area contributed by atoms with Crippen molar-refractivity contribution in [1.82, 2.24) is 15.5 Å². The van der Waals surface area contributed by atoms with Crippen LogP contribution in [-0.4, -0.2) is 16.2 Å². The summed E-state index contributed by atoms with van der Waals surface area (Å²) in [5.74, 6) is 0.459. The molecule has 5 N–H and O–H groups in total. The third kappa shape index (κ3) is 2.79. The van der Waals surface area contributed by atoms with Gasteiger partial charge in [-0.2, -0.15) is 5.10 Å². The lowest BCUT2D eigenvalue weighted by Crippen LogP contribution is -2.28. The van der Waals surface area contributed by atoms with Crippen molar-refractivity contribution in [3.8, 4) is 0 Å². The first-order valence-corrected chi connectivity index (χ1v) is 6.54. The predicted molar refractivity (Wildman–Crippen MR) is 82.8 cm³/mol. The molecule has 0 radical (unpaired) electrons. The minimum absolute atomic E-state index is 0.285. The molecule has 1 aromatic heterocycles. The molecule has 0 aliphatic heterocycles. The van der Waals surface area contributed by atoms with Crippen LogP contribution >= 0.6 is 0 Å². The van der Waals surface area contributed by atoms with E-state index in [4.69, 9.17) is 5.73 Å². The van der Waals surface area contributed by atoms with Gasteiger partial charge in [0.05, 0.1) is 11.9 Å². The molecule has 0 unspecified atom stereocenters. The minimum Gasteiger partial charge on any atom is -0.384 e. The number of urea groups is 1. The number of carbonyl (C=O) groups is 1. The number of H-pyrrole nitrogens is 1. The second-order valence-corrected chi connectivity index (χ2v) is 4.64. The first kappa shape index (κ1) is 13.0. The molecule has 0 spiro atoms. The number of nitrogens with one attached hydrogen (secondary N) is 3. The number of aromatic nitrogens is 2. The number of fused-ring (bicyclic) bond motifs is 1. The fourth-order valence-corrected chi connectivity index (χ4v) is 2.14. The highest BCUT2D eigenvalue weighted by molar-refractivity contribution is 6.01. The number of benzene rings is 2. The number of aromatic amines is 1. The first-order chi connectivity index (χ1) is 10.2. The van der Waals surface area contributed by atoms with Crippen molar-refractivity contribution in [2.75, 3.05) is 11.1 Å². The number of nitrogens with two attached hydrogens (primary N) is 1. The molecule has 0 aliphatic rings. The molecule has 0 aliphatic carbocycles. The summed E-state index contributed by atoms with van der Waals surface area (Å²) in [4.78, 5) is 12.0. The molecule has 3 rings (SSSR count). The largest absolute Gasteiger partial charge is 0.384 e. The lowest BCUT2D eigenvalue weighted by Gasteiger charge is -2.09. The zero-order valence-electron chi connectivity index (χ0n) is 11.3. The van der Waals surface area contributed by atoms with Crippen LogP contribution in [0.2, 0.25) is 0 Å². The Kier molecular flexibility index (Phi) is 3.42. The van der Waals surface area contributed by atoms with Crippen molar-refractivity contribution in [1.29, 1.82) is 0 Å². The van der Waals surface area contributed by atoms with E-state index in [0.29, 0.717) is 12.4 Å². The van der Waals surface area contributed by atoms with Gasteiger partial charge in [0.15, 0.2) is 0 Å². The van der Waals surface area contributed by atoms with Gasteiger partial charge in [0.1, 0.15) is 5.82 Å². The van der Waals surface area contributed by atoms with E-state index in [1.807, 2.05) is 42.5 Å². The van der Waals surface area contributed by atoms with Crippen LogP contribution in [0.4, 0.5) is 16.3 Å². The van der Waals surface area contributed by atoms with E-state index in [9.17, 15) is 4.79 Å². The number of carbonyl (C=O) groups excluding carboxylic acids is 1. The Bertz CT molecular complexity index is 775. The van der Waals surface area contributed by atoms with Gasteiger partial charge in [0, 0.05) is 17.5 Å². The summed E-state index contributed by atoms with van der Waals surface area (Å²) in [5, 5.41) is 14.1. The van der Waals surface area contributed by atoms with Crippen molar-refractivity contribution in [2.24, 2.45) is 0 Å². The molecule has 0 bridgehead atoms. The number of anilines is 2. The molecule has 6 heteroatoms. The van der Waals surface area contributed by atoms with E-state index in [1.54, 1.807) is 6.20 Å². The Labute approximate surface area is 121 Å². The second kappa shape index (κ2) is 5.54. The van der Waals surface area contributed by atoms with E-state index < -0.39 is 0 Å². The van der Waals surface area contributed by atoms with Crippen LogP contribution < -0.4 is 16.4 Å². The van der Waals surface area contributed by atoms with Crippen molar-refractivity contribution >= 4 is 28.3 Å². The summed E-state index contributed by atoms with van der Waals surface area (Å²) in [5.41, 5.74) is 7.19. The van der Waals surface area contributed by atoms with Gasteiger partial charge in [-0.1, -0.05) is 36.4 Å². The smallest absolute Gasteiger partial charge is 0.319 e. The van der Waals surface area contributed by atoms with Crippen molar-refractivity contribution in [3.05, 3.63) is 54.2 Å². The van der Waals surface area contributed by atoms with E-state index in [0.717, 1.165) is 22.0 Å². The lowest BCUT2D eigenvalue weighted by atomic mass is 10.1. The van der Waals surface area contributed by atoms with Crippen LogP contribution in [-0.2, 0) is 6.54 Å². The van der Waals surface area contributed by atoms with E-state index >= 15 is 0 Å². The average Bonchev–Trinajstić information content (AvgIpc) is 2.91. The molecule has 2 amide bonds. The highest BCUT2D eigenvalue weighted by Crippen LogP contribution is 2.22. The molecule has 0 saturated heterocycles. The summed E-state index contributed by atoms with van der Waals surface area (Å²) in [6.45, 7) is 0.318. The van der Waals surface area contributed by atoms with Crippen LogP contribution in [0.3, 0.4) is 0 Å². The normalized spacial score (nSPS) is 10.5. The Hall–Kier alpha value is -3.02. The number of rotatable bonds is 3. The molecule has 2 aromatic carbocycles. The molecule has 21 heavy (non-hydrogen) atoms. The molecule has 0 saturated carbocycles. The summed E-state index contributed by atoms with van der Waals surface area (Å²) in [6.07, 6.45) is 1.59. The van der Waals surface area contributed by atoms with Gasteiger partial charge in [0.25, 0.3) is 0 Å². The summed E-state index contributed by atoms with van der Waals surface area (Å²) < 4.78 is 0. The van der Waals surface area contributed by atoms with E-state index in [-0.39, 0.29) is 6.03 Å². The third-order valence-corrected chi connectivity index (χ3v) is 3.23. The molecular weight excluding hydrogens is 266 g/mol. The van der Waals surface area contributed by atoms with Crippen LogP contribution in [0.25, 0.3) is 10.8 Å².